The molecular formula is C18H27FN2O2. The third-order valence-electron chi connectivity index (χ3n) is 4.47. The van der Waals surface area contributed by atoms with Crippen LogP contribution < -0.4 is 5.32 Å². The summed E-state index contributed by atoms with van der Waals surface area (Å²) < 4.78 is 12.8. The Hall–Kier alpha value is -1.46. The van der Waals surface area contributed by atoms with Gasteiger partial charge in [-0.1, -0.05) is 19.1 Å². The molecule has 1 aromatic rings. The Morgan fingerprint density at radius 2 is 2.00 bits per heavy atom. The SMILES string of the molecule is CCCN1CCC(CC(=O)NC[C@@H](O)c2ccc(F)cc2)CC1. The van der Waals surface area contributed by atoms with Crippen molar-refractivity contribution in [3.63, 3.8) is 0 Å². The normalized spacial score (nSPS) is 17.9. The van der Waals surface area contributed by atoms with Crippen molar-refractivity contribution in [1.82, 2.24) is 10.2 Å². The second kappa shape index (κ2) is 8.99. The van der Waals surface area contributed by atoms with E-state index in [-0.39, 0.29) is 18.3 Å². The lowest BCUT2D eigenvalue weighted by molar-refractivity contribution is -0.122. The molecule has 1 heterocycles. The first-order valence-corrected chi connectivity index (χ1v) is 8.51. The summed E-state index contributed by atoms with van der Waals surface area (Å²) in [5.74, 6) is 0.0885. The third-order valence-corrected chi connectivity index (χ3v) is 4.47. The average molecular weight is 322 g/mol. The topological polar surface area (TPSA) is 52.6 Å². The first-order chi connectivity index (χ1) is 11.1. The fourth-order valence-electron chi connectivity index (χ4n) is 3.08. The molecule has 0 aromatic heterocycles. The molecule has 0 saturated carbocycles. The number of carbonyl (C=O) groups is 1. The van der Waals surface area contributed by atoms with Crippen molar-refractivity contribution in [1.29, 1.82) is 0 Å². The summed E-state index contributed by atoms with van der Waals surface area (Å²) in [5.41, 5.74) is 0.611. The number of aliphatic hydroxyl groups excluding tert-OH is 1. The van der Waals surface area contributed by atoms with Crippen molar-refractivity contribution in [2.45, 2.75) is 38.7 Å². The lowest BCUT2D eigenvalue weighted by Crippen LogP contribution is -2.36. The third kappa shape index (κ3) is 5.92. The number of carbonyl (C=O) groups excluding carboxylic acids is 1. The van der Waals surface area contributed by atoms with Gasteiger partial charge in [0.2, 0.25) is 5.91 Å². The second-order valence-electron chi connectivity index (χ2n) is 6.36. The number of aliphatic hydroxyl groups is 1. The Morgan fingerprint density at radius 3 is 2.61 bits per heavy atom. The Morgan fingerprint density at radius 1 is 1.35 bits per heavy atom. The van der Waals surface area contributed by atoms with Crippen LogP contribution in [0.4, 0.5) is 4.39 Å². The predicted octanol–water partition coefficient (Wildman–Crippen LogP) is 2.49. The molecule has 1 amide bonds. The zero-order chi connectivity index (χ0) is 16.7. The molecule has 2 N–H and O–H groups in total. The Bertz CT molecular complexity index is 484. The number of halogens is 1. The summed E-state index contributed by atoms with van der Waals surface area (Å²) in [6.07, 6.45) is 3.02. The van der Waals surface area contributed by atoms with Gasteiger partial charge in [0, 0.05) is 13.0 Å². The Kier molecular flexibility index (Phi) is 6.99. The van der Waals surface area contributed by atoms with E-state index in [0.717, 1.165) is 32.5 Å². The maximum Gasteiger partial charge on any atom is 0.220 e. The van der Waals surface area contributed by atoms with E-state index in [1.807, 2.05) is 0 Å². The quantitative estimate of drug-likeness (QED) is 0.811. The van der Waals surface area contributed by atoms with Crippen LogP contribution >= 0.6 is 0 Å². The van der Waals surface area contributed by atoms with Gasteiger partial charge in [-0.25, -0.2) is 4.39 Å². The van der Waals surface area contributed by atoms with Crippen LogP contribution in [0.25, 0.3) is 0 Å². The van der Waals surface area contributed by atoms with Gasteiger partial charge in [0.15, 0.2) is 0 Å². The van der Waals surface area contributed by atoms with Crippen LogP contribution in [-0.2, 0) is 4.79 Å². The van der Waals surface area contributed by atoms with Crippen molar-refractivity contribution >= 4 is 5.91 Å². The molecular weight excluding hydrogens is 295 g/mol. The summed E-state index contributed by atoms with van der Waals surface area (Å²) in [4.78, 5) is 14.5. The molecule has 0 bridgehead atoms. The zero-order valence-electron chi connectivity index (χ0n) is 13.8. The van der Waals surface area contributed by atoms with Crippen molar-refractivity contribution in [3.8, 4) is 0 Å². The molecule has 5 heteroatoms. The van der Waals surface area contributed by atoms with Gasteiger partial charge in [-0.15, -0.1) is 0 Å². The van der Waals surface area contributed by atoms with Crippen molar-refractivity contribution in [3.05, 3.63) is 35.6 Å². The number of amides is 1. The van der Waals surface area contributed by atoms with Crippen LogP contribution in [0.5, 0.6) is 0 Å². The fourth-order valence-corrected chi connectivity index (χ4v) is 3.08. The second-order valence-corrected chi connectivity index (χ2v) is 6.36. The van der Waals surface area contributed by atoms with Gasteiger partial charge < -0.3 is 15.3 Å². The smallest absolute Gasteiger partial charge is 0.220 e. The van der Waals surface area contributed by atoms with Crippen LogP contribution in [0.1, 0.15) is 44.3 Å². The number of likely N-dealkylation sites (tertiary alicyclic amines) is 1. The minimum Gasteiger partial charge on any atom is -0.387 e. The molecule has 1 fully saturated rings. The molecule has 1 atom stereocenters. The standard InChI is InChI=1S/C18H27FN2O2/c1-2-9-21-10-7-14(8-11-21)12-18(23)20-13-17(22)15-3-5-16(19)6-4-15/h3-6,14,17,22H,2,7-13H2,1H3,(H,20,23)/t17-/m1/s1. The van der Waals surface area contributed by atoms with E-state index in [2.05, 4.69) is 17.1 Å². The van der Waals surface area contributed by atoms with E-state index in [1.165, 1.54) is 30.7 Å². The van der Waals surface area contributed by atoms with Crippen molar-refractivity contribution in [2.24, 2.45) is 5.92 Å². The summed E-state index contributed by atoms with van der Waals surface area (Å²) in [6, 6.07) is 5.69. The number of benzene rings is 1. The van der Waals surface area contributed by atoms with Gasteiger partial charge in [-0.3, -0.25) is 4.79 Å². The molecule has 1 aliphatic rings. The van der Waals surface area contributed by atoms with Gasteiger partial charge in [0.25, 0.3) is 0 Å². The molecule has 2 rings (SSSR count). The van der Waals surface area contributed by atoms with Crippen molar-refractivity contribution in [2.75, 3.05) is 26.2 Å². The van der Waals surface area contributed by atoms with Gasteiger partial charge in [0.1, 0.15) is 5.82 Å². The number of nitrogens with zero attached hydrogens (tertiary/aromatic N) is 1. The molecule has 4 nitrogen and oxygen atoms in total. The Balaban J connectivity index is 1.68. The molecule has 0 aliphatic carbocycles. The summed E-state index contributed by atoms with van der Waals surface area (Å²) in [5, 5.41) is 12.8. The highest BCUT2D eigenvalue weighted by Crippen LogP contribution is 2.20. The van der Waals surface area contributed by atoms with Crippen molar-refractivity contribution < 1.29 is 14.3 Å². The minimum absolute atomic E-state index is 0.0138. The monoisotopic (exact) mass is 322 g/mol. The highest BCUT2D eigenvalue weighted by atomic mass is 19.1. The molecule has 0 radical (unpaired) electrons. The van der Waals surface area contributed by atoms with E-state index < -0.39 is 6.10 Å². The fraction of sp³-hybridized carbons (Fsp3) is 0.611. The molecule has 128 valence electrons. The van der Waals surface area contributed by atoms with Gasteiger partial charge >= 0.3 is 0 Å². The molecule has 1 aliphatic heterocycles. The summed E-state index contributed by atoms with van der Waals surface area (Å²) in [6.45, 7) is 5.64. The minimum atomic E-state index is -0.800. The zero-order valence-corrected chi connectivity index (χ0v) is 13.8. The number of rotatable bonds is 7. The lowest BCUT2D eigenvalue weighted by atomic mass is 9.93. The Labute approximate surface area is 137 Å². The summed E-state index contributed by atoms with van der Waals surface area (Å²) in [7, 11) is 0. The first-order valence-electron chi connectivity index (χ1n) is 8.51. The van der Waals surface area contributed by atoms with Gasteiger partial charge in [-0.05, 0) is 62.5 Å². The summed E-state index contributed by atoms with van der Waals surface area (Å²) >= 11 is 0. The number of piperidine rings is 1. The lowest BCUT2D eigenvalue weighted by Gasteiger charge is -2.31. The first kappa shape index (κ1) is 17.9. The van der Waals surface area contributed by atoms with Crippen LogP contribution in [0.15, 0.2) is 24.3 Å². The highest BCUT2D eigenvalue weighted by molar-refractivity contribution is 5.76. The van der Waals surface area contributed by atoms with E-state index >= 15 is 0 Å². The number of hydrogen-bond donors (Lipinski definition) is 2. The highest BCUT2D eigenvalue weighted by Gasteiger charge is 2.21. The molecule has 1 aromatic carbocycles. The molecule has 0 unspecified atom stereocenters. The largest absolute Gasteiger partial charge is 0.387 e. The van der Waals surface area contributed by atoms with Gasteiger partial charge in [0.05, 0.1) is 6.10 Å². The van der Waals surface area contributed by atoms with Crippen LogP contribution in [0, 0.1) is 11.7 Å². The van der Waals surface area contributed by atoms with E-state index in [0.29, 0.717) is 17.9 Å². The average Bonchev–Trinajstić information content (AvgIpc) is 2.55. The number of nitrogens with one attached hydrogen (secondary N) is 1. The van der Waals surface area contributed by atoms with E-state index in [4.69, 9.17) is 0 Å². The molecule has 1 saturated heterocycles. The van der Waals surface area contributed by atoms with Crippen LogP contribution in [0.2, 0.25) is 0 Å². The molecule has 0 spiro atoms. The van der Waals surface area contributed by atoms with Crippen LogP contribution in [0.3, 0.4) is 0 Å². The number of hydrogen-bond acceptors (Lipinski definition) is 3. The maximum absolute atomic E-state index is 12.8. The van der Waals surface area contributed by atoms with Gasteiger partial charge in [-0.2, -0.15) is 0 Å². The predicted molar refractivity (Wildman–Crippen MR) is 88.4 cm³/mol. The van der Waals surface area contributed by atoms with E-state index in [9.17, 15) is 14.3 Å². The molecule has 23 heavy (non-hydrogen) atoms. The maximum atomic E-state index is 12.8. The van der Waals surface area contributed by atoms with E-state index in [1.54, 1.807) is 0 Å². The van der Waals surface area contributed by atoms with Crippen LogP contribution in [-0.4, -0.2) is 42.1 Å².